The van der Waals surface area contributed by atoms with Crippen molar-refractivity contribution in [3.05, 3.63) is 24.1 Å². The zero-order valence-electron chi connectivity index (χ0n) is 7.78. The van der Waals surface area contributed by atoms with Crippen LogP contribution in [-0.2, 0) is 6.61 Å². The molecule has 0 unspecified atom stereocenters. The van der Waals surface area contributed by atoms with Gasteiger partial charge in [-0.15, -0.1) is 0 Å². The van der Waals surface area contributed by atoms with Gasteiger partial charge in [-0.3, -0.25) is 0 Å². The molecule has 7 heteroatoms. The van der Waals surface area contributed by atoms with Crippen molar-refractivity contribution in [2.75, 3.05) is 0 Å². The molecule has 0 aliphatic heterocycles. The number of alkyl halides is 3. The maximum Gasteiger partial charge on any atom is 0.446 e. The predicted molar refractivity (Wildman–Crippen MR) is 51.8 cm³/mol. The molecule has 16 heavy (non-hydrogen) atoms. The highest BCUT2D eigenvalue weighted by Gasteiger charge is 2.29. The van der Waals surface area contributed by atoms with Crippen molar-refractivity contribution < 1.29 is 22.7 Å². The number of rotatable bonds is 2. The molecule has 1 heterocycles. The van der Waals surface area contributed by atoms with E-state index in [1.165, 1.54) is 18.2 Å². The number of oxazole rings is 1. The average molecular weight is 249 g/mol. The largest absolute Gasteiger partial charge is 0.446 e. The highest BCUT2D eigenvalue weighted by Crippen LogP contribution is 2.37. The van der Waals surface area contributed by atoms with Gasteiger partial charge in [-0.1, -0.05) is 0 Å². The van der Waals surface area contributed by atoms with E-state index >= 15 is 0 Å². The van der Waals surface area contributed by atoms with E-state index < -0.39 is 5.51 Å². The number of benzene rings is 1. The summed E-state index contributed by atoms with van der Waals surface area (Å²) in [6.07, 6.45) is 0. The lowest BCUT2D eigenvalue weighted by molar-refractivity contribution is -0.0328. The number of hydrogen-bond acceptors (Lipinski definition) is 4. The summed E-state index contributed by atoms with van der Waals surface area (Å²) in [6, 6.07) is 3.97. The first-order valence-electron chi connectivity index (χ1n) is 4.24. The summed E-state index contributed by atoms with van der Waals surface area (Å²) in [5, 5.41) is 8.75. The van der Waals surface area contributed by atoms with E-state index in [0.29, 0.717) is 11.1 Å². The molecule has 0 aliphatic carbocycles. The minimum absolute atomic E-state index is 0.0396. The second kappa shape index (κ2) is 3.99. The van der Waals surface area contributed by atoms with Crippen LogP contribution in [0.1, 0.15) is 5.89 Å². The number of aliphatic hydroxyl groups excluding tert-OH is 1. The summed E-state index contributed by atoms with van der Waals surface area (Å²) in [7, 11) is 0. The Morgan fingerprint density at radius 1 is 1.38 bits per heavy atom. The third-order valence-corrected chi connectivity index (χ3v) is 2.49. The van der Waals surface area contributed by atoms with Crippen LogP contribution in [0.2, 0.25) is 0 Å². The molecule has 0 aliphatic rings. The molecule has 0 fully saturated rings. The maximum absolute atomic E-state index is 12.1. The lowest BCUT2D eigenvalue weighted by atomic mass is 10.3. The van der Waals surface area contributed by atoms with Crippen LogP contribution in [0.3, 0.4) is 0 Å². The lowest BCUT2D eigenvalue weighted by Gasteiger charge is -2.04. The van der Waals surface area contributed by atoms with E-state index in [1.807, 2.05) is 0 Å². The standard InChI is InChI=1S/C9H6F3NO2S/c10-9(11,12)16-5-1-2-7-6(3-5)13-8(4-14)15-7/h1-3,14H,4H2. The first-order chi connectivity index (χ1) is 7.48. The third-order valence-electron chi connectivity index (χ3n) is 1.77. The summed E-state index contributed by atoms with van der Waals surface area (Å²) in [5.41, 5.74) is -3.66. The molecule has 1 N–H and O–H groups in total. The van der Waals surface area contributed by atoms with Crippen molar-refractivity contribution in [3.63, 3.8) is 0 Å². The minimum atomic E-state index is -4.32. The van der Waals surface area contributed by atoms with Crippen molar-refractivity contribution in [1.29, 1.82) is 0 Å². The summed E-state index contributed by atoms with van der Waals surface area (Å²) in [4.78, 5) is 3.86. The minimum Gasteiger partial charge on any atom is -0.438 e. The van der Waals surface area contributed by atoms with E-state index in [4.69, 9.17) is 9.52 Å². The first kappa shape index (κ1) is 11.3. The smallest absolute Gasteiger partial charge is 0.438 e. The molecule has 1 aromatic heterocycles. The fraction of sp³-hybridized carbons (Fsp3) is 0.222. The van der Waals surface area contributed by atoms with Crippen LogP contribution in [0.15, 0.2) is 27.5 Å². The Balaban J connectivity index is 2.36. The highest BCUT2D eigenvalue weighted by atomic mass is 32.2. The van der Waals surface area contributed by atoms with Crippen LogP contribution in [0.4, 0.5) is 13.2 Å². The molecular formula is C9H6F3NO2S. The third kappa shape index (κ3) is 2.48. The van der Waals surface area contributed by atoms with Crippen LogP contribution in [0.25, 0.3) is 11.1 Å². The fourth-order valence-electron chi connectivity index (χ4n) is 1.22. The Kier molecular flexibility index (Phi) is 2.81. The number of aromatic nitrogens is 1. The van der Waals surface area contributed by atoms with Gasteiger partial charge in [-0.2, -0.15) is 13.2 Å². The summed E-state index contributed by atoms with van der Waals surface area (Å²) in [6.45, 7) is -0.379. The molecule has 1 aromatic carbocycles. The molecule has 0 radical (unpaired) electrons. The van der Waals surface area contributed by atoms with Gasteiger partial charge in [-0.05, 0) is 30.0 Å². The average Bonchev–Trinajstić information content (AvgIpc) is 2.57. The van der Waals surface area contributed by atoms with E-state index in [2.05, 4.69) is 4.98 Å². The molecule has 0 saturated heterocycles. The van der Waals surface area contributed by atoms with Gasteiger partial charge < -0.3 is 9.52 Å². The fourth-order valence-corrected chi connectivity index (χ4v) is 1.79. The molecule has 0 saturated carbocycles. The van der Waals surface area contributed by atoms with Crippen LogP contribution >= 0.6 is 11.8 Å². The number of fused-ring (bicyclic) bond motifs is 1. The van der Waals surface area contributed by atoms with Gasteiger partial charge >= 0.3 is 5.51 Å². The second-order valence-corrected chi connectivity index (χ2v) is 4.08. The summed E-state index contributed by atoms with van der Waals surface area (Å²) in [5.74, 6) is 0.0872. The molecule has 3 nitrogen and oxygen atoms in total. The van der Waals surface area contributed by atoms with Crippen LogP contribution in [0, 0.1) is 0 Å². The molecular weight excluding hydrogens is 243 g/mol. The van der Waals surface area contributed by atoms with Crippen molar-refractivity contribution in [3.8, 4) is 0 Å². The first-order valence-corrected chi connectivity index (χ1v) is 5.05. The maximum atomic E-state index is 12.1. The Morgan fingerprint density at radius 3 is 2.75 bits per heavy atom. The summed E-state index contributed by atoms with van der Waals surface area (Å²) >= 11 is -0.212. The second-order valence-electron chi connectivity index (χ2n) is 2.94. The SMILES string of the molecule is OCc1nc2cc(SC(F)(F)F)ccc2o1. The Hall–Kier alpha value is -1.21. The van der Waals surface area contributed by atoms with E-state index in [1.54, 1.807) is 0 Å². The molecule has 0 amide bonds. The van der Waals surface area contributed by atoms with E-state index in [0.717, 1.165) is 0 Å². The number of nitrogens with zero attached hydrogens (tertiary/aromatic N) is 1. The molecule has 0 spiro atoms. The Bertz CT molecular complexity index is 509. The van der Waals surface area contributed by atoms with E-state index in [-0.39, 0.29) is 29.2 Å². The van der Waals surface area contributed by atoms with Gasteiger partial charge in [0.15, 0.2) is 5.58 Å². The zero-order valence-corrected chi connectivity index (χ0v) is 8.60. The van der Waals surface area contributed by atoms with Crippen molar-refractivity contribution in [2.45, 2.75) is 17.0 Å². The van der Waals surface area contributed by atoms with Gasteiger partial charge in [-0.25, -0.2) is 4.98 Å². The number of thioether (sulfide) groups is 1. The van der Waals surface area contributed by atoms with Gasteiger partial charge in [0.1, 0.15) is 12.1 Å². The number of hydrogen-bond donors (Lipinski definition) is 1. The van der Waals surface area contributed by atoms with E-state index in [9.17, 15) is 13.2 Å². The van der Waals surface area contributed by atoms with Crippen molar-refractivity contribution >= 4 is 22.9 Å². The Labute approximate surface area is 92.3 Å². The Morgan fingerprint density at radius 2 is 2.12 bits per heavy atom. The van der Waals surface area contributed by atoms with Gasteiger partial charge in [0.2, 0.25) is 5.89 Å². The topological polar surface area (TPSA) is 46.3 Å². The lowest BCUT2D eigenvalue weighted by Crippen LogP contribution is -1.98. The quantitative estimate of drug-likeness (QED) is 0.831. The molecule has 2 aromatic rings. The van der Waals surface area contributed by atoms with Crippen molar-refractivity contribution in [1.82, 2.24) is 4.98 Å². The molecule has 0 atom stereocenters. The van der Waals surface area contributed by atoms with Gasteiger partial charge in [0, 0.05) is 4.90 Å². The zero-order chi connectivity index (χ0) is 11.8. The predicted octanol–water partition coefficient (Wildman–Crippen LogP) is 2.93. The van der Waals surface area contributed by atoms with Gasteiger partial charge in [0.25, 0.3) is 0 Å². The normalized spacial score (nSPS) is 12.2. The molecule has 0 bridgehead atoms. The monoisotopic (exact) mass is 249 g/mol. The molecule has 86 valence electrons. The number of halogens is 3. The molecule has 2 rings (SSSR count). The van der Waals surface area contributed by atoms with Crippen LogP contribution < -0.4 is 0 Å². The van der Waals surface area contributed by atoms with Crippen molar-refractivity contribution in [2.24, 2.45) is 0 Å². The van der Waals surface area contributed by atoms with Crippen LogP contribution in [-0.4, -0.2) is 15.6 Å². The number of aliphatic hydroxyl groups is 1. The van der Waals surface area contributed by atoms with Crippen LogP contribution in [0.5, 0.6) is 0 Å². The highest BCUT2D eigenvalue weighted by molar-refractivity contribution is 8.00. The van der Waals surface area contributed by atoms with Gasteiger partial charge in [0.05, 0.1) is 0 Å². The summed E-state index contributed by atoms with van der Waals surface area (Å²) < 4.78 is 41.3.